The maximum atomic E-state index is 12.8. The second-order valence-electron chi connectivity index (χ2n) is 11.0. The highest BCUT2D eigenvalue weighted by Gasteiger charge is 2.51. The van der Waals surface area contributed by atoms with E-state index in [1.54, 1.807) is 12.1 Å². The van der Waals surface area contributed by atoms with Crippen LogP contribution in [-0.4, -0.2) is 31.4 Å². The quantitative estimate of drug-likeness (QED) is 0.392. The molecular formula is C29H33N3O2S. The van der Waals surface area contributed by atoms with Gasteiger partial charge in [0.1, 0.15) is 11.5 Å². The van der Waals surface area contributed by atoms with Crippen LogP contribution in [0.2, 0.25) is 0 Å². The van der Waals surface area contributed by atoms with E-state index in [0.717, 1.165) is 23.3 Å². The summed E-state index contributed by atoms with van der Waals surface area (Å²) < 4.78 is 1.95. The number of rotatable bonds is 8. The minimum atomic E-state index is 0.180. The number of phenolic OH excluding ortho intramolecular Hbond substituents is 1. The Hall–Kier alpha value is -2.60. The van der Waals surface area contributed by atoms with Crippen LogP contribution in [-0.2, 0) is 23.2 Å². The number of phenols is 1. The Balaban J connectivity index is 1.09. The molecule has 4 aliphatic carbocycles. The number of ketones is 1. The highest BCUT2D eigenvalue weighted by atomic mass is 32.2. The summed E-state index contributed by atoms with van der Waals surface area (Å²) in [6, 6.07) is 16.1. The topological polar surface area (TPSA) is 68.0 Å². The fourth-order valence-electron chi connectivity index (χ4n) is 7.41. The molecule has 0 saturated heterocycles. The Labute approximate surface area is 211 Å². The van der Waals surface area contributed by atoms with Crippen LogP contribution in [0.3, 0.4) is 0 Å². The van der Waals surface area contributed by atoms with Crippen molar-refractivity contribution >= 4 is 17.5 Å². The number of benzene rings is 2. The van der Waals surface area contributed by atoms with Crippen molar-refractivity contribution in [3.05, 3.63) is 59.7 Å². The van der Waals surface area contributed by atoms with Crippen LogP contribution in [0.25, 0.3) is 11.4 Å². The van der Waals surface area contributed by atoms with Gasteiger partial charge in [0.15, 0.2) is 11.0 Å². The molecule has 4 saturated carbocycles. The van der Waals surface area contributed by atoms with Crippen molar-refractivity contribution in [3.8, 4) is 17.1 Å². The molecule has 4 bridgehead atoms. The number of hydrogen-bond donors (Lipinski definition) is 1. The van der Waals surface area contributed by atoms with Gasteiger partial charge >= 0.3 is 0 Å². The zero-order valence-electron chi connectivity index (χ0n) is 20.3. The number of thioether (sulfide) groups is 1. The van der Waals surface area contributed by atoms with Crippen molar-refractivity contribution in [2.24, 2.45) is 17.8 Å². The van der Waals surface area contributed by atoms with Gasteiger partial charge in [-0.3, -0.25) is 4.79 Å². The first-order valence-electron chi connectivity index (χ1n) is 13.0. The van der Waals surface area contributed by atoms with E-state index >= 15 is 0 Å². The lowest BCUT2D eigenvalue weighted by molar-refractivity contribution is -0.116. The third kappa shape index (κ3) is 4.31. The highest BCUT2D eigenvalue weighted by Crippen LogP contribution is 2.60. The van der Waals surface area contributed by atoms with Crippen molar-refractivity contribution < 1.29 is 9.90 Å². The SMILES string of the molecule is CCn1c(SCC(=O)Cc2ccc(C34CC5CC(CC(C5)C3)C4)cc2)nnc1-c1ccccc1O. The van der Waals surface area contributed by atoms with Gasteiger partial charge in [0, 0.05) is 13.0 Å². The van der Waals surface area contributed by atoms with E-state index in [2.05, 4.69) is 34.5 Å². The van der Waals surface area contributed by atoms with Crippen LogP contribution in [0, 0.1) is 17.8 Å². The summed E-state index contributed by atoms with van der Waals surface area (Å²) in [7, 11) is 0. The molecular weight excluding hydrogens is 454 g/mol. The Morgan fingerprint density at radius 3 is 2.29 bits per heavy atom. The van der Waals surface area contributed by atoms with Crippen molar-refractivity contribution in [2.75, 3.05) is 5.75 Å². The van der Waals surface area contributed by atoms with Gasteiger partial charge < -0.3 is 9.67 Å². The highest BCUT2D eigenvalue weighted by molar-refractivity contribution is 7.99. The Bertz CT molecular complexity index is 1200. The molecule has 4 fully saturated rings. The number of nitrogens with zero attached hydrogens (tertiary/aromatic N) is 3. The van der Waals surface area contributed by atoms with Crippen molar-refractivity contribution in [1.82, 2.24) is 14.8 Å². The summed E-state index contributed by atoms with van der Waals surface area (Å²) in [5.41, 5.74) is 3.66. The summed E-state index contributed by atoms with van der Waals surface area (Å²) in [5.74, 6) is 4.17. The zero-order chi connectivity index (χ0) is 24.0. The first-order chi connectivity index (χ1) is 17.0. The fourth-order valence-corrected chi connectivity index (χ4v) is 8.27. The predicted molar refractivity (Wildman–Crippen MR) is 139 cm³/mol. The van der Waals surface area contributed by atoms with Crippen molar-refractivity contribution in [1.29, 1.82) is 0 Å². The maximum absolute atomic E-state index is 12.8. The molecule has 1 aromatic heterocycles. The number of aromatic nitrogens is 3. The number of hydrogen-bond acceptors (Lipinski definition) is 5. The van der Waals surface area contributed by atoms with Crippen LogP contribution in [0.15, 0.2) is 53.7 Å². The normalized spacial score (nSPS) is 26.8. The number of carbonyl (C=O) groups is 1. The number of para-hydroxylation sites is 1. The molecule has 35 heavy (non-hydrogen) atoms. The van der Waals surface area contributed by atoms with E-state index < -0.39 is 0 Å². The molecule has 0 unspecified atom stereocenters. The summed E-state index contributed by atoms with van der Waals surface area (Å²) in [4.78, 5) is 12.8. The van der Waals surface area contributed by atoms with E-state index in [1.165, 1.54) is 55.9 Å². The molecule has 2 aromatic carbocycles. The third-order valence-corrected chi connectivity index (χ3v) is 9.57. The molecule has 7 rings (SSSR count). The second-order valence-corrected chi connectivity index (χ2v) is 11.9. The predicted octanol–water partition coefficient (Wildman–Crippen LogP) is 6.04. The Morgan fingerprint density at radius 1 is 1.00 bits per heavy atom. The number of aromatic hydroxyl groups is 1. The van der Waals surface area contributed by atoms with Crippen LogP contribution in [0.1, 0.15) is 56.6 Å². The molecule has 0 spiro atoms. The molecule has 0 amide bonds. The van der Waals surface area contributed by atoms with Gasteiger partial charge in [-0.15, -0.1) is 10.2 Å². The molecule has 6 heteroatoms. The molecule has 4 aliphatic rings. The van der Waals surface area contributed by atoms with E-state index in [0.29, 0.717) is 40.7 Å². The first kappa shape index (κ1) is 22.8. The lowest BCUT2D eigenvalue weighted by atomic mass is 9.48. The maximum Gasteiger partial charge on any atom is 0.191 e. The molecule has 0 atom stereocenters. The van der Waals surface area contributed by atoms with Gasteiger partial charge in [0.05, 0.1) is 11.3 Å². The minimum absolute atomic E-state index is 0.180. The molecule has 1 heterocycles. The van der Waals surface area contributed by atoms with Gasteiger partial charge in [0.2, 0.25) is 0 Å². The lowest BCUT2D eigenvalue weighted by Gasteiger charge is -2.57. The fraction of sp³-hybridized carbons (Fsp3) is 0.483. The standard InChI is InChI=1S/C29H33N3O2S/c1-2-32-27(25-5-3-4-6-26(25)34)30-31-28(32)35-18-24(33)14-19-7-9-23(10-8-19)29-15-20-11-21(16-29)13-22(12-20)17-29/h3-10,20-22,34H,2,11-18H2,1H3. The molecule has 182 valence electrons. The molecule has 1 N–H and O–H groups in total. The molecule has 3 aromatic rings. The van der Waals surface area contributed by atoms with E-state index in [9.17, 15) is 9.90 Å². The van der Waals surface area contributed by atoms with Gasteiger partial charge in [-0.2, -0.15) is 0 Å². The average Bonchev–Trinajstić information content (AvgIpc) is 3.25. The summed E-state index contributed by atoms with van der Waals surface area (Å²) in [6.45, 7) is 2.68. The Morgan fingerprint density at radius 2 is 1.66 bits per heavy atom. The van der Waals surface area contributed by atoms with Gasteiger partial charge in [-0.25, -0.2) is 0 Å². The molecule has 5 nitrogen and oxygen atoms in total. The third-order valence-electron chi connectivity index (χ3n) is 8.55. The van der Waals surface area contributed by atoms with Crippen LogP contribution >= 0.6 is 11.8 Å². The Kier molecular flexibility index (Phi) is 5.95. The van der Waals surface area contributed by atoms with Crippen LogP contribution in [0.4, 0.5) is 0 Å². The van der Waals surface area contributed by atoms with Gasteiger partial charge in [-0.1, -0.05) is 48.2 Å². The summed E-state index contributed by atoms with van der Waals surface area (Å²) in [5, 5.41) is 19.5. The summed E-state index contributed by atoms with van der Waals surface area (Å²) in [6.07, 6.45) is 8.94. The van der Waals surface area contributed by atoms with Gasteiger partial charge in [0.25, 0.3) is 0 Å². The minimum Gasteiger partial charge on any atom is -0.507 e. The van der Waals surface area contributed by atoms with Crippen LogP contribution < -0.4 is 0 Å². The molecule has 0 radical (unpaired) electrons. The van der Waals surface area contributed by atoms with Crippen molar-refractivity contribution in [3.63, 3.8) is 0 Å². The van der Waals surface area contributed by atoms with E-state index in [4.69, 9.17) is 0 Å². The van der Waals surface area contributed by atoms with E-state index in [-0.39, 0.29) is 11.5 Å². The first-order valence-corrected chi connectivity index (χ1v) is 14.0. The lowest BCUT2D eigenvalue weighted by Crippen LogP contribution is -2.48. The second kappa shape index (κ2) is 9.12. The summed E-state index contributed by atoms with van der Waals surface area (Å²) >= 11 is 1.42. The smallest absolute Gasteiger partial charge is 0.191 e. The largest absolute Gasteiger partial charge is 0.507 e. The van der Waals surface area contributed by atoms with Gasteiger partial charge in [-0.05, 0) is 91.9 Å². The number of Topliss-reactive ketones (excluding diaryl/α,β-unsaturated/α-hetero) is 1. The number of carbonyl (C=O) groups excluding carboxylic acids is 1. The monoisotopic (exact) mass is 487 g/mol. The molecule has 0 aliphatic heterocycles. The zero-order valence-corrected chi connectivity index (χ0v) is 21.1. The average molecular weight is 488 g/mol. The van der Waals surface area contributed by atoms with Crippen molar-refractivity contribution in [2.45, 2.75) is 69.0 Å². The van der Waals surface area contributed by atoms with Crippen LogP contribution in [0.5, 0.6) is 5.75 Å². The van der Waals surface area contributed by atoms with E-state index in [1.807, 2.05) is 23.6 Å².